The highest BCUT2D eigenvalue weighted by Gasteiger charge is 2.13. The quantitative estimate of drug-likeness (QED) is 0.585. The molecule has 0 aliphatic carbocycles. The summed E-state index contributed by atoms with van der Waals surface area (Å²) in [6.07, 6.45) is 0. The summed E-state index contributed by atoms with van der Waals surface area (Å²) in [5, 5.41) is 15.8. The van der Waals surface area contributed by atoms with Gasteiger partial charge in [-0.25, -0.2) is 9.89 Å². The minimum Gasteiger partial charge on any atom is -0.507 e. The van der Waals surface area contributed by atoms with Crippen LogP contribution in [0.5, 0.6) is 5.75 Å². The molecule has 6 heteroatoms. The Balaban J connectivity index is 2.62. The summed E-state index contributed by atoms with van der Waals surface area (Å²) in [5.74, 6) is 0.518. The molecule has 17 heavy (non-hydrogen) atoms. The zero-order chi connectivity index (χ0) is 12.6. The molecule has 2 rings (SSSR count). The predicted octanol–water partition coefficient (Wildman–Crippen LogP) is 1.18. The third-order valence-corrected chi connectivity index (χ3v) is 2.58. The lowest BCUT2D eigenvalue weighted by atomic mass is 9.98. The summed E-state index contributed by atoms with van der Waals surface area (Å²) in [4.78, 5) is 13.5. The van der Waals surface area contributed by atoms with Crippen LogP contribution in [0.25, 0.3) is 11.4 Å². The molecular formula is C11H14N4O2. The molecule has 0 spiro atoms. The molecule has 0 saturated heterocycles. The van der Waals surface area contributed by atoms with Crippen LogP contribution in [0.15, 0.2) is 16.9 Å². The fourth-order valence-corrected chi connectivity index (χ4v) is 1.71. The number of nitrogens with two attached hydrogens (primary N) is 1. The molecule has 0 bridgehead atoms. The number of nitrogens with zero attached hydrogens (tertiary/aromatic N) is 1. The molecule has 1 aromatic heterocycles. The van der Waals surface area contributed by atoms with Crippen LogP contribution in [-0.4, -0.2) is 20.3 Å². The van der Waals surface area contributed by atoms with E-state index >= 15 is 0 Å². The molecule has 1 heterocycles. The maximum Gasteiger partial charge on any atom is 0.340 e. The van der Waals surface area contributed by atoms with Gasteiger partial charge in [0, 0.05) is 11.8 Å². The minimum absolute atomic E-state index is 0.00495. The number of rotatable bonds is 2. The first-order valence-electron chi connectivity index (χ1n) is 5.26. The third-order valence-electron chi connectivity index (χ3n) is 2.58. The van der Waals surface area contributed by atoms with Gasteiger partial charge in [-0.15, -0.1) is 0 Å². The zero-order valence-corrected chi connectivity index (χ0v) is 9.61. The summed E-state index contributed by atoms with van der Waals surface area (Å²) in [5.41, 5.74) is 7.29. The molecule has 0 unspecified atom stereocenters. The standard InChI is InChI=1S/C11H14N4O2/c1-5(2)6-3-7(9(16)4-8(6)12)10-13-11(17)15-14-10/h3-5,16H,12H2,1-2H3,(H2,13,14,15,17). The van der Waals surface area contributed by atoms with E-state index in [1.807, 2.05) is 13.8 Å². The van der Waals surface area contributed by atoms with E-state index in [0.717, 1.165) is 5.56 Å². The van der Waals surface area contributed by atoms with Gasteiger partial charge in [0.2, 0.25) is 0 Å². The second-order valence-corrected chi connectivity index (χ2v) is 4.18. The van der Waals surface area contributed by atoms with Gasteiger partial charge in [-0.2, -0.15) is 5.10 Å². The van der Waals surface area contributed by atoms with E-state index in [2.05, 4.69) is 15.2 Å². The Morgan fingerprint density at radius 1 is 1.41 bits per heavy atom. The van der Waals surface area contributed by atoms with Crippen molar-refractivity contribution in [1.29, 1.82) is 0 Å². The number of aromatic nitrogens is 3. The second-order valence-electron chi connectivity index (χ2n) is 4.18. The van der Waals surface area contributed by atoms with Crippen LogP contribution in [0.3, 0.4) is 0 Å². The maximum atomic E-state index is 11.0. The number of nitrogen functional groups attached to an aromatic ring is 1. The van der Waals surface area contributed by atoms with Crippen LogP contribution in [-0.2, 0) is 0 Å². The Labute approximate surface area is 97.5 Å². The first-order valence-corrected chi connectivity index (χ1v) is 5.26. The number of nitrogens with one attached hydrogen (secondary N) is 2. The van der Waals surface area contributed by atoms with Crippen molar-refractivity contribution < 1.29 is 5.11 Å². The smallest absolute Gasteiger partial charge is 0.340 e. The first-order chi connectivity index (χ1) is 7.99. The van der Waals surface area contributed by atoms with E-state index in [-0.39, 0.29) is 11.7 Å². The Morgan fingerprint density at radius 2 is 2.12 bits per heavy atom. The zero-order valence-electron chi connectivity index (χ0n) is 9.61. The Hall–Kier alpha value is -2.24. The minimum atomic E-state index is -0.415. The SMILES string of the molecule is CC(C)c1cc(-c2n[nH]c(=O)[nH]2)c(O)cc1N. The van der Waals surface area contributed by atoms with Gasteiger partial charge in [0.1, 0.15) is 5.75 Å². The number of aromatic hydroxyl groups is 1. The van der Waals surface area contributed by atoms with Crippen molar-refractivity contribution in [2.24, 2.45) is 0 Å². The highest BCUT2D eigenvalue weighted by molar-refractivity contribution is 5.70. The van der Waals surface area contributed by atoms with Gasteiger partial charge < -0.3 is 10.8 Å². The second kappa shape index (κ2) is 3.97. The summed E-state index contributed by atoms with van der Waals surface area (Å²) >= 11 is 0. The van der Waals surface area contributed by atoms with Gasteiger partial charge in [-0.05, 0) is 17.5 Å². The first kappa shape index (κ1) is 11.3. The van der Waals surface area contributed by atoms with E-state index in [0.29, 0.717) is 17.1 Å². The van der Waals surface area contributed by atoms with Crippen molar-refractivity contribution in [3.63, 3.8) is 0 Å². The number of hydrogen-bond acceptors (Lipinski definition) is 4. The van der Waals surface area contributed by atoms with E-state index in [9.17, 15) is 9.90 Å². The van der Waals surface area contributed by atoms with E-state index < -0.39 is 5.69 Å². The Morgan fingerprint density at radius 3 is 2.65 bits per heavy atom. The molecule has 1 aromatic carbocycles. The lowest BCUT2D eigenvalue weighted by Gasteiger charge is -2.12. The van der Waals surface area contributed by atoms with Crippen LogP contribution in [0.1, 0.15) is 25.3 Å². The molecule has 0 aliphatic heterocycles. The third kappa shape index (κ3) is 2.01. The van der Waals surface area contributed by atoms with Crippen LogP contribution in [0.2, 0.25) is 0 Å². The number of phenols is 1. The molecule has 0 amide bonds. The molecule has 0 saturated carbocycles. The van der Waals surface area contributed by atoms with E-state index in [4.69, 9.17) is 5.73 Å². The fourth-order valence-electron chi connectivity index (χ4n) is 1.71. The molecule has 0 radical (unpaired) electrons. The summed E-state index contributed by atoms with van der Waals surface area (Å²) in [6.45, 7) is 4.00. The normalized spacial score (nSPS) is 11.0. The van der Waals surface area contributed by atoms with Crippen molar-refractivity contribution >= 4 is 5.69 Å². The molecule has 0 aliphatic rings. The number of benzene rings is 1. The van der Waals surface area contributed by atoms with Gasteiger partial charge in [-0.3, -0.25) is 4.98 Å². The number of aromatic amines is 2. The average Bonchev–Trinajstić information content (AvgIpc) is 2.64. The molecule has 2 aromatic rings. The van der Waals surface area contributed by atoms with Crippen LogP contribution in [0, 0.1) is 0 Å². The number of anilines is 1. The lowest BCUT2D eigenvalue weighted by molar-refractivity contribution is 0.477. The van der Waals surface area contributed by atoms with Crippen LogP contribution < -0.4 is 11.4 Å². The van der Waals surface area contributed by atoms with Crippen molar-refractivity contribution in [2.75, 3.05) is 5.73 Å². The average molecular weight is 234 g/mol. The van der Waals surface area contributed by atoms with Gasteiger partial charge in [0.05, 0.1) is 5.56 Å². The van der Waals surface area contributed by atoms with Gasteiger partial charge in [-0.1, -0.05) is 13.8 Å². The van der Waals surface area contributed by atoms with E-state index in [1.165, 1.54) is 6.07 Å². The predicted molar refractivity (Wildman–Crippen MR) is 64.8 cm³/mol. The largest absolute Gasteiger partial charge is 0.507 e. The molecule has 90 valence electrons. The topological polar surface area (TPSA) is 108 Å². The molecule has 6 nitrogen and oxygen atoms in total. The van der Waals surface area contributed by atoms with Crippen molar-refractivity contribution in [3.05, 3.63) is 28.2 Å². The molecular weight excluding hydrogens is 220 g/mol. The van der Waals surface area contributed by atoms with Gasteiger partial charge >= 0.3 is 5.69 Å². The number of H-pyrrole nitrogens is 2. The fraction of sp³-hybridized carbons (Fsp3) is 0.273. The van der Waals surface area contributed by atoms with Crippen LogP contribution >= 0.6 is 0 Å². The maximum absolute atomic E-state index is 11.0. The lowest BCUT2D eigenvalue weighted by Crippen LogP contribution is -2.01. The highest BCUT2D eigenvalue weighted by atomic mass is 16.3. The van der Waals surface area contributed by atoms with Crippen molar-refractivity contribution in [1.82, 2.24) is 15.2 Å². The van der Waals surface area contributed by atoms with E-state index in [1.54, 1.807) is 6.07 Å². The monoisotopic (exact) mass is 234 g/mol. The summed E-state index contributed by atoms with van der Waals surface area (Å²) < 4.78 is 0. The van der Waals surface area contributed by atoms with Crippen molar-refractivity contribution in [3.8, 4) is 17.1 Å². The van der Waals surface area contributed by atoms with Gasteiger partial charge in [0.25, 0.3) is 0 Å². The Kier molecular flexibility index (Phi) is 2.63. The number of hydrogen-bond donors (Lipinski definition) is 4. The Bertz CT molecular complexity index is 598. The molecule has 0 atom stereocenters. The number of phenolic OH excluding ortho intramolecular Hbond substituents is 1. The van der Waals surface area contributed by atoms with Gasteiger partial charge in [0.15, 0.2) is 5.82 Å². The summed E-state index contributed by atoms with van der Waals surface area (Å²) in [7, 11) is 0. The van der Waals surface area contributed by atoms with Crippen LogP contribution in [0.4, 0.5) is 5.69 Å². The molecule has 0 fully saturated rings. The van der Waals surface area contributed by atoms with Crippen molar-refractivity contribution in [2.45, 2.75) is 19.8 Å². The highest BCUT2D eigenvalue weighted by Crippen LogP contribution is 2.33. The summed E-state index contributed by atoms with van der Waals surface area (Å²) in [6, 6.07) is 3.21. The molecule has 5 N–H and O–H groups in total.